The number of carbonyl (C=O) groups excluding carboxylic acids is 1. The predicted molar refractivity (Wildman–Crippen MR) is 85.5 cm³/mol. The van der Waals surface area contributed by atoms with Gasteiger partial charge < -0.3 is 20.4 Å². The molecule has 0 radical (unpaired) electrons. The van der Waals surface area contributed by atoms with Gasteiger partial charge in [-0.1, -0.05) is 6.42 Å². The zero-order chi connectivity index (χ0) is 16.2. The van der Waals surface area contributed by atoms with Gasteiger partial charge in [0, 0.05) is 24.8 Å². The largest absolute Gasteiger partial charge is 0.444 e. The molecule has 0 saturated heterocycles. The van der Waals surface area contributed by atoms with Crippen molar-refractivity contribution >= 4 is 6.09 Å². The lowest BCUT2D eigenvalue weighted by molar-refractivity contribution is 0.0517. The number of nitrogens with one attached hydrogen (secondary N) is 3. The molecule has 1 fully saturated rings. The highest BCUT2D eigenvalue weighted by atomic mass is 16.6. The normalized spacial score (nSPS) is 21.8. The number of imidazole rings is 1. The van der Waals surface area contributed by atoms with Gasteiger partial charge in [-0.2, -0.15) is 0 Å². The number of carbonyl (C=O) groups is 1. The van der Waals surface area contributed by atoms with Crippen LogP contribution in [-0.2, 0) is 11.3 Å². The van der Waals surface area contributed by atoms with Crippen LogP contribution < -0.4 is 10.6 Å². The highest BCUT2D eigenvalue weighted by Gasteiger charge is 2.28. The Bertz CT molecular complexity index is 493. The van der Waals surface area contributed by atoms with Crippen LogP contribution in [0.15, 0.2) is 6.33 Å². The number of rotatable bonds is 5. The van der Waals surface area contributed by atoms with Gasteiger partial charge in [0.25, 0.3) is 0 Å². The van der Waals surface area contributed by atoms with Crippen LogP contribution >= 0.6 is 0 Å². The summed E-state index contributed by atoms with van der Waals surface area (Å²) >= 11 is 0. The molecule has 1 aromatic rings. The fourth-order valence-electron chi connectivity index (χ4n) is 2.87. The van der Waals surface area contributed by atoms with E-state index in [4.69, 9.17) is 4.74 Å². The maximum atomic E-state index is 11.7. The summed E-state index contributed by atoms with van der Waals surface area (Å²) in [5, 5.41) is 6.47. The third kappa shape index (κ3) is 5.02. The second kappa shape index (κ2) is 7.13. The summed E-state index contributed by atoms with van der Waals surface area (Å²) in [5.41, 5.74) is 1.72. The van der Waals surface area contributed by atoms with E-state index in [1.54, 1.807) is 6.33 Å². The monoisotopic (exact) mass is 308 g/mol. The number of alkyl carbamates (subject to hydrolysis) is 1. The Morgan fingerprint density at radius 2 is 2.23 bits per heavy atom. The van der Waals surface area contributed by atoms with Crippen molar-refractivity contribution in [1.29, 1.82) is 0 Å². The van der Waals surface area contributed by atoms with Gasteiger partial charge in [-0.25, -0.2) is 9.78 Å². The van der Waals surface area contributed by atoms with Crippen LogP contribution in [0, 0.1) is 12.8 Å². The lowest BCUT2D eigenvalue weighted by atomic mass is 10.0. The van der Waals surface area contributed by atoms with Gasteiger partial charge in [0.15, 0.2) is 0 Å². The van der Waals surface area contributed by atoms with E-state index < -0.39 is 5.60 Å². The van der Waals surface area contributed by atoms with E-state index >= 15 is 0 Å². The Morgan fingerprint density at radius 3 is 2.86 bits per heavy atom. The Hall–Kier alpha value is -1.56. The molecule has 6 nitrogen and oxygen atoms in total. The minimum absolute atomic E-state index is 0.332. The summed E-state index contributed by atoms with van der Waals surface area (Å²) < 4.78 is 5.28. The van der Waals surface area contributed by atoms with Crippen molar-refractivity contribution in [2.45, 2.75) is 65.1 Å². The van der Waals surface area contributed by atoms with Crippen LogP contribution in [0.1, 0.15) is 51.4 Å². The number of H-pyrrole nitrogens is 1. The van der Waals surface area contributed by atoms with Crippen LogP contribution in [0.3, 0.4) is 0 Å². The maximum Gasteiger partial charge on any atom is 0.407 e. The summed E-state index contributed by atoms with van der Waals surface area (Å²) in [6.45, 7) is 9.07. The summed E-state index contributed by atoms with van der Waals surface area (Å²) in [4.78, 5) is 19.1. The van der Waals surface area contributed by atoms with Crippen LogP contribution in [0.25, 0.3) is 0 Å². The summed E-state index contributed by atoms with van der Waals surface area (Å²) in [7, 11) is 0. The minimum atomic E-state index is -0.450. The van der Waals surface area contributed by atoms with Gasteiger partial charge >= 0.3 is 6.09 Å². The molecule has 2 atom stereocenters. The van der Waals surface area contributed by atoms with E-state index in [0.29, 0.717) is 18.5 Å². The van der Waals surface area contributed by atoms with Crippen molar-refractivity contribution in [3.8, 4) is 0 Å². The van der Waals surface area contributed by atoms with Gasteiger partial charge in [-0.15, -0.1) is 0 Å². The number of aromatic nitrogens is 2. The zero-order valence-electron chi connectivity index (χ0n) is 14.0. The molecule has 1 aliphatic rings. The first-order valence-electron chi connectivity index (χ1n) is 8.04. The quantitative estimate of drug-likeness (QED) is 0.781. The van der Waals surface area contributed by atoms with Crippen molar-refractivity contribution in [1.82, 2.24) is 20.6 Å². The molecule has 0 bridgehead atoms. The van der Waals surface area contributed by atoms with Crippen molar-refractivity contribution < 1.29 is 9.53 Å². The number of aromatic amines is 1. The van der Waals surface area contributed by atoms with Crippen LogP contribution in [0.2, 0.25) is 0 Å². The molecular formula is C16H28N4O2. The summed E-state index contributed by atoms with van der Waals surface area (Å²) in [6.07, 6.45) is 4.86. The van der Waals surface area contributed by atoms with E-state index in [0.717, 1.165) is 30.8 Å². The number of hydrogen-bond acceptors (Lipinski definition) is 4. The molecule has 1 aromatic heterocycles. The third-order valence-corrected chi connectivity index (χ3v) is 4.03. The molecule has 6 heteroatoms. The van der Waals surface area contributed by atoms with E-state index in [2.05, 4.69) is 20.6 Å². The first-order valence-corrected chi connectivity index (χ1v) is 8.04. The van der Waals surface area contributed by atoms with Gasteiger partial charge in [0.1, 0.15) is 5.60 Å². The molecule has 0 spiro atoms. The molecule has 1 aliphatic carbocycles. The van der Waals surface area contributed by atoms with Crippen molar-refractivity contribution in [3.63, 3.8) is 0 Å². The van der Waals surface area contributed by atoms with Gasteiger partial charge in [-0.3, -0.25) is 0 Å². The SMILES string of the molecule is Cc1[nH]cnc1CNC1CCCC1CNC(=O)OC(C)(C)C. The molecule has 0 aliphatic heterocycles. The van der Waals surface area contributed by atoms with Crippen LogP contribution in [0.4, 0.5) is 4.79 Å². The number of hydrogen-bond donors (Lipinski definition) is 3. The first kappa shape index (κ1) is 16.8. The molecule has 2 unspecified atom stereocenters. The lowest BCUT2D eigenvalue weighted by Crippen LogP contribution is -2.40. The molecular weight excluding hydrogens is 280 g/mol. The zero-order valence-corrected chi connectivity index (χ0v) is 14.0. The van der Waals surface area contributed by atoms with Gasteiger partial charge in [0.05, 0.1) is 12.0 Å². The Kier molecular flexibility index (Phi) is 5.45. The van der Waals surface area contributed by atoms with Crippen molar-refractivity contribution in [2.24, 2.45) is 5.92 Å². The Morgan fingerprint density at radius 1 is 1.45 bits per heavy atom. The standard InChI is InChI=1S/C16H28N4O2/c1-11-14(20-10-19-11)9-17-13-7-5-6-12(13)8-18-15(21)22-16(2,3)4/h10,12-13,17H,5-9H2,1-4H3,(H,18,21)(H,19,20). The number of aryl methyl sites for hydroxylation is 1. The molecule has 124 valence electrons. The molecule has 3 N–H and O–H groups in total. The molecule has 1 saturated carbocycles. The van der Waals surface area contributed by atoms with E-state index in [1.807, 2.05) is 27.7 Å². The average molecular weight is 308 g/mol. The molecule has 1 amide bonds. The topological polar surface area (TPSA) is 79.0 Å². The second-order valence-corrected chi connectivity index (χ2v) is 7.04. The van der Waals surface area contributed by atoms with E-state index in [1.165, 1.54) is 6.42 Å². The van der Waals surface area contributed by atoms with Crippen molar-refractivity contribution in [2.75, 3.05) is 6.54 Å². The number of nitrogens with zero attached hydrogens (tertiary/aromatic N) is 1. The molecule has 22 heavy (non-hydrogen) atoms. The molecule has 2 rings (SSSR count). The van der Waals surface area contributed by atoms with Gasteiger partial charge in [0.2, 0.25) is 0 Å². The van der Waals surface area contributed by atoms with Crippen LogP contribution in [0.5, 0.6) is 0 Å². The molecule has 0 aromatic carbocycles. The highest BCUT2D eigenvalue weighted by Crippen LogP contribution is 2.25. The summed E-state index contributed by atoms with van der Waals surface area (Å²) in [5.74, 6) is 0.451. The number of amides is 1. The third-order valence-electron chi connectivity index (χ3n) is 4.03. The molecule has 1 heterocycles. The average Bonchev–Trinajstić information content (AvgIpc) is 3.00. The fraction of sp³-hybridized carbons (Fsp3) is 0.750. The second-order valence-electron chi connectivity index (χ2n) is 7.04. The van der Waals surface area contributed by atoms with Gasteiger partial charge in [-0.05, 0) is 46.5 Å². The smallest absolute Gasteiger partial charge is 0.407 e. The maximum absolute atomic E-state index is 11.7. The number of ether oxygens (including phenoxy) is 1. The Labute approximate surface area is 132 Å². The minimum Gasteiger partial charge on any atom is -0.444 e. The van der Waals surface area contributed by atoms with Crippen LogP contribution in [-0.4, -0.2) is 34.2 Å². The fourth-order valence-corrected chi connectivity index (χ4v) is 2.87. The van der Waals surface area contributed by atoms with E-state index in [9.17, 15) is 4.79 Å². The highest BCUT2D eigenvalue weighted by molar-refractivity contribution is 5.67. The lowest BCUT2D eigenvalue weighted by Gasteiger charge is -2.23. The predicted octanol–water partition coefficient (Wildman–Crippen LogP) is 2.50. The van der Waals surface area contributed by atoms with E-state index in [-0.39, 0.29) is 6.09 Å². The first-order chi connectivity index (χ1) is 10.3. The Balaban J connectivity index is 1.76. The van der Waals surface area contributed by atoms with Crippen molar-refractivity contribution in [3.05, 3.63) is 17.7 Å². The summed E-state index contributed by atoms with van der Waals surface area (Å²) in [6, 6.07) is 0.422.